The van der Waals surface area contributed by atoms with Crippen molar-refractivity contribution in [2.45, 2.75) is 32.6 Å². The largest absolute Gasteiger partial charge is 0.399 e. The molecule has 4 nitrogen and oxygen atoms in total. The molecule has 0 aliphatic carbocycles. The molecule has 3 N–H and O–H groups in total. The fourth-order valence-electron chi connectivity index (χ4n) is 2.47. The van der Waals surface area contributed by atoms with Crippen molar-refractivity contribution in [2.75, 3.05) is 10.5 Å². The van der Waals surface area contributed by atoms with Crippen molar-refractivity contribution in [1.82, 2.24) is 0 Å². The van der Waals surface area contributed by atoms with Crippen LogP contribution in [0.25, 0.3) is 0 Å². The van der Waals surface area contributed by atoms with Gasteiger partial charge in [0.05, 0.1) is 10.6 Å². The van der Waals surface area contributed by atoms with E-state index in [4.69, 9.17) is 5.73 Å². The van der Waals surface area contributed by atoms with Gasteiger partial charge in [0.25, 0.3) is 10.0 Å². The fraction of sp³-hybridized carbons (Fsp3) is 0.250. The van der Waals surface area contributed by atoms with Crippen LogP contribution in [0, 0.1) is 27.7 Å². The minimum absolute atomic E-state index is 0.289. The first-order valence-corrected chi connectivity index (χ1v) is 8.16. The molecule has 0 fully saturated rings. The van der Waals surface area contributed by atoms with Crippen LogP contribution in [0.4, 0.5) is 11.4 Å². The quantitative estimate of drug-likeness (QED) is 0.855. The summed E-state index contributed by atoms with van der Waals surface area (Å²) in [5, 5.41) is 0. The number of aryl methyl sites for hydroxylation is 3. The second-order valence-corrected chi connectivity index (χ2v) is 6.96. The molecule has 0 heterocycles. The summed E-state index contributed by atoms with van der Waals surface area (Å²) in [7, 11) is -3.64. The number of hydrogen-bond donors (Lipinski definition) is 2. The molecule has 0 atom stereocenters. The van der Waals surface area contributed by atoms with E-state index in [2.05, 4.69) is 4.72 Å². The van der Waals surface area contributed by atoms with Gasteiger partial charge in [0.15, 0.2) is 0 Å². The van der Waals surface area contributed by atoms with Gasteiger partial charge in [0.1, 0.15) is 0 Å². The highest BCUT2D eigenvalue weighted by Gasteiger charge is 2.20. The molecular weight excluding hydrogens is 284 g/mol. The SMILES string of the molecule is Cc1cccc(NS(=O)(=O)c2c(C)cc(N)cc2C)c1C. The fourth-order valence-corrected chi connectivity index (χ4v) is 4.04. The Kier molecular flexibility index (Phi) is 3.96. The summed E-state index contributed by atoms with van der Waals surface area (Å²) in [6.45, 7) is 7.35. The number of anilines is 2. The first kappa shape index (κ1) is 15.4. The molecule has 2 rings (SSSR count). The van der Waals surface area contributed by atoms with Gasteiger partial charge >= 0.3 is 0 Å². The van der Waals surface area contributed by atoms with E-state index in [1.165, 1.54) is 0 Å². The normalized spacial score (nSPS) is 11.4. The van der Waals surface area contributed by atoms with Crippen LogP contribution in [0.5, 0.6) is 0 Å². The molecule has 0 radical (unpaired) electrons. The summed E-state index contributed by atoms with van der Waals surface area (Å²) in [5.41, 5.74) is 10.2. The van der Waals surface area contributed by atoms with E-state index in [1.54, 1.807) is 32.0 Å². The van der Waals surface area contributed by atoms with E-state index >= 15 is 0 Å². The molecule has 0 aliphatic heterocycles. The average Bonchev–Trinajstić information content (AvgIpc) is 2.33. The summed E-state index contributed by atoms with van der Waals surface area (Å²) in [5.74, 6) is 0. The van der Waals surface area contributed by atoms with Crippen LogP contribution in [0.15, 0.2) is 35.2 Å². The van der Waals surface area contributed by atoms with Gasteiger partial charge in [0, 0.05) is 5.69 Å². The van der Waals surface area contributed by atoms with Crippen molar-refractivity contribution in [2.24, 2.45) is 0 Å². The zero-order valence-electron chi connectivity index (χ0n) is 12.7. The van der Waals surface area contributed by atoms with Gasteiger partial charge in [-0.15, -0.1) is 0 Å². The Balaban J connectivity index is 2.51. The summed E-state index contributed by atoms with van der Waals surface area (Å²) < 4.78 is 28.0. The molecule has 0 bridgehead atoms. The van der Waals surface area contributed by atoms with E-state index in [0.29, 0.717) is 22.5 Å². The maximum atomic E-state index is 12.7. The average molecular weight is 304 g/mol. The van der Waals surface area contributed by atoms with Crippen LogP contribution in [0.1, 0.15) is 22.3 Å². The lowest BCUT2D eigenvalue weighted by molar-refractivity contribution is 0.600. The Morgan fingerprint density at radius 2 is 1.52 bits per heavy atom. The zero-order chi connectivity index (χ0) is 15.8. The highest BCUT2D eigenvalue weighted by atomic mass is 32.2. The second kappa shape index (κ2) is 5.41. The molecule has 0 unspecified atom stereocenters. The predicted octanol–water partition coefficient (Wildman–Crippen LogP) is 3.30. The second-order valence-electron chi connectivity index (χ2n) is 5.34. The number of hydrogen-bond acceptors (Lipinski definition) is 3. The smallest absolute Gasteiger partial charge is 0.262 e. The molecule has 0 saturated carbocycles. The Morgan fingerprint density at radius 1 is 0.952 bits per heavy atom. The number of rotatable bonds is 3. The third kappa shape index (κ3) is 3.03. The highest BCUT2D eigenvalue weighted by molar-refractivity contribution is 7.92. The number of benzene rings is 2. The van der Waals surface area contributed by atoms with E-state index < -0.39 is 10.0 Å². The summed E-state index contributed by atoms with van der Waals surface area (Å²) in [4.78, 5) is 0.289. The van der Waals surface area contributed by atoms with E-state index in [9.17, 15) is 8.42 Å². The van der Waals surface area contributed by atoms with E-state index in [-0.39, 0.29) is 4.90 Å². The van der Waals surface area contributed by atoms with Crippen LogP contribution in [-0.4, -0.2) is 8.42 Å². The Bertz CT molecular complexity index is 773. The van der Waals surface area contributed by atoms with Gasteiger partial charge in [-0.3, -0.25) is 4.72 Å². The maximum Gasteiger partial charge on any atom is 0.262 e. The summed E-state index contributed by atoms with van der Waals surface area (Å²) >= 11 is 0. The summed E-state index contributed by atoms with van der Waals surface area (Å²) in [6.07, 6.45) is 0. The molecule has 0 aliphatic rings. The van der Waals surface area contributed by atoms with Gasteiger partial charge in [0.2, 0.25) is 0 Å². The lowest BCUT2D eigenvalue weighted by atomic mass is 10.1. The third-order valence-corrected chi connectivity index (χ3v) is 5.27. The molecule has 0 spiro atoms. The molecule has 0 saturated heterocycles. The van der Waals surface area contributed by atoms with Crippen molar-refractivity contribution >= 4 is 21.4 Å². The van der Waals surface area contributed by atoms with Crippen LogP contribution in [0.3, 0.4) is 0 Å². The van der Waals surface area contributed by atoms with Crippen LogP contribution in [0.2, 0.25) is 0 Å². The number of nitrogen functional groups attached to an aromatic ring is 1. The minimum Gasteiger partial charge on any atom is -0.399 e. The van der Waals surface area contributed by atoms with Crippen molar-refractivity contribution in [3.8, 4) is 0 Å². The molecule has 21 heavy (non-hydrogen) atoms. The molecule has 112 valence electrons. The molecule has 0 aromatic heterocycles. The van der Waals surface area contributed by atoms with Crippen molar-refractivity contribution in [3.63, 3.8) is 0 Å². The third-order valence-electron chi connectivity index (χ3n) is 3.60. The van der Waals surface area contributed by atoms with E-state index in [0.717, 1.165) is 11.1 Å². The highest BCUT2D eigenvalue weighted by Crippen LogP contribution is 2.27. The number of nitrogens with two attached hydrogens (primary N) is 1. The monoisotopic (exact) mass is 304 g/mol. The van der Waals surface area contributed by atoms with Crippen LogP contribution < -0.4 is 10.5 Å². The minimum atomic E-state index is -3.64. The lowest BCUT2D eigenvalue weighted by Crippen LogP contribution is -2.16. The van der Waals surface area contributed by atoms with Crippen molar-refractivity contribution < 1.29 is 8.42 Å². The maximum absolute atomic E-state index is 12.7. The first-order valence-electron chi connectivity index (χ1n) is 6.68. The number of nitrogens with one attached hydrogen (secondary N) is 1. The molecule has 0 amide bonds. The van der Waals surface area contributed by atoms with Gasteiger partial charge < -0.3 is 5.73 Å². The lowest BCUT2D eigenvalue weighted by Gasteiger charge is -2.15. The zero-order valence-corrected chi connectivity index (χ0v) is 13.5. The van der Waals surface area contributed by atoms with Gasteiger partial charge in [-0.1, -0.05) is 12.1 Å². The van der Waals surface area contributed by atoms with Gasteiger partial charge in [-0.2, -0.15) is 0 Å². The Labute approximate surface area is 126 Å². The topological polar surface area (TPSA) is 72.2 Å². The number of sulfonamides is 1. The predicted molar refractivity (Wildman–Crippen MR) is 87.1 cm³/mol. The standard InChI is InChI=1S/C16H20N2O2S/c1-10-6-5-7-15(13(10)4)18-21(19,20)16-11(2)8-14(17)9-12(16)3/h5-9,18H,17H2,1-4H3. The summed E-state index contributed by atoms with van der Waals surface area (Å²) in [6, 6.07) is 8.90. The van der Waals surface area contributed by atoms with Crippen molar-refractivity contribution in [1.29, 1.82) is 0 Å². The first-order chi connectivity index (χ1) is 9.72. The molecule has 5 heteroatoms. The van der Waals surface area contributed by atoms with Gasteiger partial charge in [-0.25, -0.2) is 8.42 Å². The van der Waals surface area contributed by atoms with Gasteiger partial charge in [-0.05, 0) is 68.1 Å². The molecular formula is C16H20N2O2S. The van der Waals surface area contributed by atoms with Crippen LogP contribution >= 0.6 is 0 Å². The molecule has 2 aromatic rings. The van der Waals surface area contributed by atoms with Crippen LogP contribution in [-0.2, 0) is 10.0 Å². The van der Waals surface area contributed by atoms with Crippen molar-refractivity contribution in [3.05, 3.63) is 52.6 Å². The Morgan fingerprint density at radius 3 is 2.10 bits per heavy atom. The molecule has 2 aromatic carbocycles. The van der Waals surface area contributed by atoms with E-state index in [1.807, 2.05) is 26.0 Å². The Hall–Kier alpha value is -2.01.